The van der Waals surface area contributed by atoms with E-state index in [1.165, 1.54) is 27.3 Å². The highest BCUT2D eigenvalue weighted by atomic mass is 32.1. The number of hydrogen-bond donors (Lipinski definition) is 2. The first kappa shape index (κ1) is 48.3. The zero-order valence-electron chi connectivity index (χ0n) is 39.9. The third-order valence-electron chi connectivity index (χ3n) is 13.3. The summed E-state index contributed by atoms with van der Waals surface area (Å²) in [5.74, 6) is -1.95. The fraction of sp³-hybridized carbons (Fsp3) is 0.531. The van der Waals surface area contributed by atoms with Crippen LogP contribution in [0.25, 0.3) is 33.4 Å². The second-order valence-electron chi connectivity index (χ2n) is 19.0. The molecule has 1 aromatic carbocycles. The predicted octanol–water partition coefficient (Wildman–Crippen LogP) is 6.00. The van der Waals surface area contributed by atoms with Crippen molar-refractivity contribution in [2.75, 3.05) is 41.4 Å². The average molecular weight is 924 g/mol. The van der Waals surface area contributed by atoms with Gasteiger partial charge in [-0.3, -0.25) is 29.2 Å². The SMILES string of the molecule is C=CC(=O)N(C)[C@H]1CC1N(C)C(=O)N(C)[C@H](C(=O)N[C@H]1Cc2nc(cs2)-c2ccc3c(c2)c(c(-c2cccnc2[C@H](C)OC)n3CC)CC(C)(C)COC(=O)[C@@H]2CCCN(N2)C1=O)C(C)C. The molecule has 66 heavy (non-hydrogen) atoms. The summed E-state index contributed by atoms with van der Waals surface area (Å²) in [5, 5.41) is 8.08. The van der Waals surface area contributed by atoms with E-state index >= 15 is 0 Å². The topological polar surface area (TPSA) is 172 Å². The number of methoxy groups -OCH3 is 1. The Kier molecular flexibility index (Phi) is 14.4. The summed E-state index contributed by atoms with van der Waals surface area (Å²) in [6, 6.07) is 6.80. The molecule has 7 rings (SSSR count). The third kappa shape index (κ3) is 9.74. The first-order valence-corrected chi connectivity index (χ1v) is 23.8. The molecule has 4 aromatic rings. The van der Waals surface area contributed by atoms with Gasteiger partial charge in [0.15, 0.2) is 0 Å². The molecule has 6 bridgehead atoms. The summed E-state index contributed by atoms with van der Waals surface area (Å²) in [6.07, 6.45) is 5.02. The smallest absolute Gasteiger partial charge is 0.324 e. The second kappa shape index (κ2) is 19.7. The van der Waals surface area contributed by atoms with E-state index in [0.29, 0.717) is 43.8 Å². The van der Waals surface area contributed by atoms with Crippen LogP contribution < -0.4 is 10.7 Å². The number of likely N-dealkylation sites (N-methyl/N-ethyl adjacent to an activating group) is 3. The summed E-state index contributed by atoms with van der Waals surface area (Å²) in [4.78, 5) is 83.6. The molecule has 17 heteroatoms. The van der Waals surface area contributed by atoms with Crippen LogP contribution in [-0.4, -0.2) is 136 Å². The number of fused-ring (bicyclic) bond motifs is 6. The van der Waals surface area contributed by atoms with Crippen LogP contribution in [0.5, 0.6) is 0 Å². The third-order valence-corrected chi connectivity index (χ3v) is 14.2. The standard InChI is InChI=1S/C49H65N9O7S/c1-12-41(59)54(8)38-24-39(38)55(9)48(63)56(10)43(28(3)4)45(60)52-35-23-40-51-36(26-66-40)30-18-19-37-32(22-30)33(44(57(37)13-2)31-16-14-20-50-42(31)29(5)64-11)25-49(6,7)27-65-47(62)34-17-15-21-58(53-34)46(35)61/h12,14,16,18-20,22,26,28-29,34-35,38-39,43,53H,1,13,15,17,21,23-25,27H2,2-11H3,(H,52,60)/t29-,34-,35-,38-,39?,43-/m0/s1. The fourth-order valence-corrected chi connectivity index (χ4v) is 10.4. The molecule has 6 atom stereocenters. The fourth-order valence-electron chi connectivity index (χ4n) is 9.57. The number of cyclic esters (lactones) is 1. The van der Waals surface area contributed by atoms with E-state index in [9.17, 15) is 24.0 Å². The Balaban J connectivity index is 1.25. The number of hydrazine groups is 1. The van der Waals surface area contributed by atoms with Crippen LogP contribution in [0.2, 0.25) is 0 Å². The van der Waals surface area contributed by atoms with Gasteiger partial charge in [-0.25, -0.2) is 15.2 Å². The maximum absolute atomic E-state index is 14.6. The molecule has 16 nitrogen and oxygen atoms in total. The minimum Gasteiger partial charge on any atom is -0.464 e. The summed E-state index contributed by atoms with van der Waals surface area (Å²) in [5.41, 5.74) is 9.23. The lowest BCUT2D eigenvalue weighted by atomic mass is 9.84. The number of urea groups is 1. The van der Waals surface area contributed by atoms with Crippen molar-refractivity contribution in [3.8, 4) is 22.5 Å². The van der Waals surface area contributed by atoms with Crippen LogP contribution in [0.15, 0.2) is 54.6 Å². The molecule has 3 aliphatic rings. The van der Waals surface area contributed by atoms with Crippen molar-refractivity contribution in [2.45, 2.75) is 117 Å². The van der Waals surface area contributed by atoms with Crippen molar-refractivity contribution in [3.63, 3.8) is 0 Å². The van der Waals surface area contributed by atoms with E-state index in [1.54, 1.807) is 44.2 Å². The van der Waals surface area contributed by atoms with E-state index in [0.717, 1.165) is 44.7 Å². The van der Waals surface area contributed by atoms with Crippen LogP contribution >= 0.6 is 11.3 Å². The molecule has 1 unspecified atom stereocenters. The van der Waals surface area contributed by atoms with Gasteiger partial charge in [-0.1, -0.05) is 40.3 Å². The second-order valence-corrected chi connectivity index (χ2v) is 19.9. The predicted molar refractivity (Wildman–Crippen MR) is 254 cm³/mol. The zero-order chi connectivity index (χ0) is 47.8. The number of aryl methyl sites for hydroxylation is 1. The Morgan fingerprint density at radius 3 is 2.56 bits per heavy atom. The number of ether oxygens (including phenoxy) is 2. The number of amides is 5. The number of nitrogens with zero attached hydrogens (tertiary/aromatic N) is 7. The molecule has 0 spiro atoms. The normalized spacial score (nSPS) is 21.7. The maximum Gasteiger partial charge on any atom is 0.324 e. The molecule has 1 saturated heterocycles. The summed E-state index contributed by atoms with van der Waals surface area (Å²) >= 11 is 1.40. The van der Waals surface area contributed by atoms with E-state index < -0.39 is 41.3 Å². The molecule has 3 aromatic heterocycles. The van der Waals surface area contributed by atoms with Gasteiger partial charge in [0, 0.05) is 86.8 Å². The number of rotatable bonds is 11. The van der Waals surface area contributed by atoms with E-state index in [1.807, 2.05) is 32.2 Å². The van der Waals surface area contributed by atoms with Gasteiger partial charge < -0.3 is 34.1 Å². The van der Waals surface area contributed by atoms with E-state index in [4.69, 9.17) is 19.4 Å². The molecular weight excluding hydrogens is 859 g/mol. The van der Waals surface area contributed by atoms with Gasteiger partial charge in [-0.05, 0) is 81.4 Å². The Bertz CT molecular complexity index is 2500. The van der Waals surface area contributed by atoms with Gasteiger partial charge in [-0.15, -0.1) is 11.3 Å². The number of nitrogens with one attached hydrogen (secondary N) is 2. The van der Waals surface area contributed by atoms with Crippen LogP contribution in [0.3, 0.4) is 0 Å². The van der Waals surface area contributed by atoms with Gasteiger partial charge in [-0.2, -0.15) is 0 Å². The molecule has 2 fully saturated rings. The average Bonchev–Trinajstić information content (AvgIpc) is 3.88. The number of carbonyl (C=O) groups excluding carboxylic acids is 5. The molecule has 1 aliphatic carbocycles. The number of thiazole rings is 1. The number of pyridine rings is 1. The highest BCUT2D eigenvalue weighted by molar-refractivity contribution is 7.10. The van der Waals surface area contributed by atoms with Crippen molar-refractivity contribution < 1.29 is 33.4 Å². The number of benzene rings is 1. The first-order valence-electron chi connectivity index (χ1n) is 22.9. The number of esters is 1. The molecule has 5 heterocycles. The molecule has 5 amide bonds. The Hall–Kier alpha value is -5.65. The van der Waals surface area contributed by atoms with Crippen LogP contribution in [0, 0.1) is 11.3 Å². The first-order chi connectivity index (χ1) is 31.4. The van der Waals surface area contributed by atoms with E-state index in [2.05, 4.69) is 66.9 Å². The molecule has 0 radical (unpaired) electrons. The van der Waals surface area contributed by atoms with Crippen molar-refractivity contribution in [1.82, 2.24) is 45.0 Å². The highest BCUT2D eigenvalue weighted by Crippen LogP contribution is 2.42. The van der Waals surface area contributed by atoms with Crippen molar-refractivity contribution >= 4 is 52.0 Å². The highest BCUT2D eigenvalue weighted by Gasteiger charge is 2.48. The van der Waals surface area contributed by atoms with E-state index in [-0.39, 0.29) is 49.1 Å². The van der Waals surface area contributed by atoms with Crippen LogP contribution in [-0.2, 0) is 48.0 Å². The van der Waals surface area contributed by atoms with Crippen molar-refractivity contribution in [3.05, 3.63) is 70.8 Å². The molecule has 2 aliphatic heterocycles. The summed E-state index contributed by atoms with van der Waals surface area (Å²) < 4.78 is 14.2. The largest absolute Gasteiger partial charge is 0.464 e. The van der Waals surface area contributed by atoms with Gasteiger partial charge in [0.1, 0.15) is 18.1 Å². The van der Waals surface area contributed by atoms with Crippen molar-refractivity contribution in [2.24, 2.45) is 11.3 Å². The number of carbonyl (C=O) groups is 5. The summed E-state index contributed by atoms with van der Waals surface area (Å²) in [6.45, 7) is 16.7. The minimum atomic E-state index is -1.09. The van der Waals surface area contributed by atoms with Gasteiger partial charge in [0.25, 0.3) is 5.91 Å². The molecular formula is C49H65N9O7S. The van der Waals surface area contributed by atoms with Gasteiger partial charge in [0.2, 0.25) is 11.8 Å². The van der Waals surface area contributed by atoms with Gasteiger partial charge in [0.05, 0.1) is 46.9 Å². The molecule has 2 N–H and O–H groups in total. The lowest BCUT2D eigenvalue weighted by Crippen LogP contribution is -2.62. The number of aromatic nitrogens is 3. The minimum absolute atomic E-state index is 0.0673. The Labute approximate surface area is 391 Å². The number of hydrogen-bond acceptors (Lipinski definition) is 11. The van der Waals surface area contributed by atoms with Crippen molar-refractivity contribution in [1.29, 1.82) is 0 Å². The lowest BCUT2D eigenvalue weighted by Gasteiger charge is -2.37. The quantitative estimate of drug-likeness (QED) is 0.134. The van der Waals surface area contributed by atoms with Crippen LogP contribution in [0.1, 0.15) is 83.2 Å². The summed E-state index contributed by atoms with van der Waals surface area (Å²) in [7, 11) is 6.61. The lowest BCUT2D eigenvalue weighted by molar-refractivity contribution is -0.155. The molecule has 1 saturated carbocycles. The maximum atomic E-state index is 14.6. The monoisotopic (exact) mass is 923 g/mol. The Morgan fingerprint density at radius 2 is 1.86 bits per heavy atom. The zero-order valence-corrected chi connectivity index (χ0v) is 40.7. The van der Waals surface area contributed by atoms with Gasteiger partial charge >= 0.3 is 12.0 Å². The molecule has 354 valence electrons. The Morgan fingerprint density at radius 1 is 1.12 bits per heavy atom. The van der Waals surface area contributed by atoms with Crippen LogP contribution in [0.4, 0.5) is 4.79 Å².